The molecule has 0 radical (unpaired) electrons. The van der Waals surface area contributed by atoms with Gasteiger partial charge >= 0.3 is 6.18 Å². The number of carbonyl (C=O) groups excluding carboxylic acids is 2. The van der Waals surface area contributed by atoms with Crippen molar-refractivity contribution in [2.75, 3.05) is 11.9 Å². The first-order chi connectivity index (χ1) is 19.0. The Labute approximate surface area is 228 Å². The molecule has 2 aromatic carbocycles. The van der Waals surface area contributed by atoms with E-state index in [0.29, 0.717) is 29.9 Å². The molecule has 8 nitrogen and oxygen atoms in total. The number of aliphatic hydroxyl groups is 1. The molecule has 3 heterocycles. The number of rotatable bonds is 5. The van der Waals surface area contributed by atoms with Crippen LogP contribution >= 0.6 is 0 Å². The van der Waals surface area contributed by atoms with E-state index in [9.17, 15) is 27.9 Å². The van der Waals surface area contributed by atoms with Crippen LogP contribution in [0.25, 0.3) is 22.5 Å². The number of alkyl halides is 3. The van der Waals surface area contributed by atoms with E-state index in [4.69, 9.17) is 4.98 Å². The molecule has 2 N–H and O–H groups in total. The van der Waals surface area contributed by atoms with Crippen molar-refractivity contribution < 1.29 is 27.9 Å². The lowest BCUT2D eigenvalue weighted by molar-refractivity contribution is -0.140. The number of carbonyl (C=O) groups is 2. The molecule has 40 heavy (non-hydrogen) atoms. The molecule has 206 valence electrons. The fourth-order valence-corrected chi connectivity index (χ4v) is 4.73. The first-order valence-electron chi connectivity index (χ1n) is 12.6. The molecule has 0 saturated heterocycles. The Morgan fingerprint density at radius 1 is 1.07 bits per heavy atom. The molecule has 0 bridgehead atoms. The van der Waals surface area contributed by atoms with Gasteiger partial charge in [-0.1, -0.05) is 30.3 Å². The van der Waals surface area contributed by atoms with Gasteiger partial charge in [0.1, 0.15) is 6.10 Å². The number of benzene rings is 2. The van der Waals surface area contributed by atoms with Gasteiger partial charge in [-0.25, -0.2) is 0 Å². The summed E-state index contributed by atoms with van der Waals surface area (Å²) >= 11 is 0. The smallest absolute Gasteiger partial charge is 0.384 e. The number of anilines is 1. The minimum Gasteiger partial charge on any atom is -0.384 e. The van der Waals surface area contributed by atoms with Crippen molar-refractivity contribution in [3.05, 3.63) is 89.2 Å². The zero-order chi connectivity index (χ0) is 28.6. The highest BCUT2D eigenvalue weighted by molar-refractivity contribution is 6.06. The van der Waals surface area contributed by atoms with E-state index in [1.807, 2.05) is 30.3 Å². The zero-order valence-corrected chi connectivity index (χ0v) is 21.7. The van der Waals surface area contributed by atoms with Crippen LogP contribution in [0.3, 0.4) is 0 Å². The third-order valence-corrected chi connectivity index (χ3v) is 6.71. The maximum Gasteiger partial charge on any atom is 0.417 e. The van der Waals surface area contributed by atoms with Gasteiger partial charge in [0.25, 0.3) is 11.8 Å². The van der Waals surface area contributed by atoms with Crippen molar-refractivity contribution in [2.45, 2.75) is 32.2 Å². The number of aryl methyl sites for hydroxylation is 1. The summed E-state index contributed by atoms with van der Waals surface area (Å²) in [4.78, 5) is 32.2. The van der Waals surface area contributed by atoms with Crippen LogP contribution in [-0.4, -0.2) is 49.2 Å². The summed E-state index contributed by atoms with van der Waals surface area (Å²) in [6, 6.07) is 15.6. The van der Waals surface area contributed by atoms with Crippen molar-refractivity contribution in [1.82, 2.24) is 19.7 Å². The number of amides is 2. The second-order valence-corrected chi connectivity index (χ2v) is 9.63. The third kappa shape index (κ3) is 5.46. The molecule has 4 aromatic rings. The number of nitrogens with one attached hydrogen (secondary N) is 1. The van der Waals surface area contributed by atoms with E-state index < -0.39 is 29.7 Å². The summed E-state index contributed by atoms with van der Waals surface area (Å²) in [6.45, 7) is 2.00. The van der Waals surface area contributed by atoms with Gasteiger partial charge in [0.15, 0.2) is 0 Å². The van der Waals surface area contributed by atoms with Crippen molar-refractivity contribution in [2.24, 2.45) is 7.05 Å². The van der Waals surface area contributed by atoms with E-state index in [2.05, 4.69) is 10.4 Å². The van der Waals surface area contributed by atoms with Crippen molar-refractivity contribution >= 4 is 17.5 Å². The fraction of sp³-hybridized carbons (Fsp3) is 0.241. The molecule has 0 aliphatic carbocycles. The number of aromatic nitrogens is 3. The number of fused-ring (bicyclic) bond motifs is 1. The van der Waals surface area contributed by atoms with Gasteiger partial charge in [0.05, 0.1) is 22.6 Å². The van der Waals surface area contributed by atoms with Gasteiger partial charge in [0, 0.05) is 55.1 Å². The van der Waals surface area contributed by atoms with Crippen molar-refractivity contribution in [3.8, 4) is 22.5 Å². The Hall–Kier alpha value is -4.51. The predicted octanol–water partition coefficient (Wildman–Crippen LogP) is 4.69. The number of hydrogen-bond donors (Lipinski definition) is 2. The van der Waals surface area contributed by atoms with Gasteiger partial charge < -0.3 is 15.3 Å². The van der Waals surface area contributed by atoms with Crippen molar-refractivity contribution in [1.29, 1.82) is 0 Å². The average molecular weight is 550 g/mol. The predicted molar refractivity (Wildman–Crippen MR) is 142 cm³/mol. The average Bonchev–Trinajstić information content (AvgIpc) is 3.37. The molecule has 1 unspecified atom stereocenters. The van der Waals surface area contributed by atoms with Crippen LogP contribution in [0.5, 0.6) is 0 Å². The first-order valence-corrected chi connectivity index (χ1v) is 12.6. The molecule has 1 aliphatic rings. The topological polar surface area (TPSA) is 100 Å². The van der Waals surface area contributed by atoms with Gasteiger partial charge in [-0.15, -0.1) is 0 Å². The molecule has 2 aromatic heterocycles. The summed E-state index contributed by atoms with van der Waals surface area (Å²) in [5.74, 6) is -1.03. The van der Waals surface area contributed by atoms with Crippen LogP contribution in [0.4, 0.5) is 18.9 Å². The molecular formula is C29H26F3N5O3. The summed E-state index contributed by atoms with van der Waals surface area (Å²) < 4.78 is 42.7. The fourth-order valence-electron chi connectivity index (χ4n) is 4.73. The lowest BCUT2D eigenvalue weighted by atomic mass is 9.99. The minimum atomic E-state index is -4.64. The maximum atomic E-state index is 13.8. The molecule has 0 saturated carbocycles. The highest BCUT2D eigenvalue weighted by atomic mass is 19.4. The largest absolute Gasteiger partial charge is 0.417 e. The van der Waals surface area contributed by atoms with Crippen LogP contribution in [-0.2, 0) is 31.0 Å². The quantitative estimate of drug-likeness (QED) is 0.377. The van der Waals surface area contributed by atoms with E-state index in [0.717, 1.165) is 23.4 Å². The maximum absolute atomic E-state index is 13.8. The highest BCUT2D eigenvalue weighted by Gasteiger charge is 2.35. The number of pyridine rings is 1. The molecule has 1 atom stereocenters. The third-order valence-electron chi connectivity index (χ3n) is 6.71. The molecule has 2 amide bonds. The normalized spacial score (nSPS) is 14.0. The Kier molecular flexibility index (Phi) is 7.16. The van der Waals surface area contributed by atoms with E-state index >= 15 is 0 Å². The molecule has 0 spiro atoms. The number of aliphatic hydroxyl groups excluding tert-OH is 1. The summed E-state index contributed by atoms with van der Waals surface area (Å²) in [5, 5.41) is 16.7. The number of hydrogen-bond acceptors (Lipinski definition) is 5. The van der Waals surface area contributed by atoms with Crippen LogP contribution in [0.2, 0.25) is 0 Å². The molecular weight excluding hydrogens is 523 g/mol. The van der Waals surface area contributed by atoms with E-state index in [-0.39, 0.29) is 23.4 Å². The Balaban J connectivity index is 1.54. The lowest BCUT2D eigenvalue weighted by Gasteiger charge is -2.30. The number of nitrogens with zero attached hydrogens (tertiary/aromatic N) is 4. The molecule has 5 rings (SSSR count). The molecule has 0 fully saturated rings. The Bertz CT molecular complexity index is 1580. The Morgan fingerprint density at radius 2 is 1.82 bits per heavy atom. The van der Waals surface area contributed by atoms with Gasteiger partial charge in [0.2, 0.25) is 0 Å². The van der Waals surface area contributed by atoms with Crippen molar-refractivity contribution in [3.63, 3.8) is 0 Å². The van der Waals surface area contributed by atoms with Crippen LogP contribution in [0, 0.1) is 0 Å². The van der Waals surface area contributed by atoms with Crippen LogP contribution in [0.1, 0.15) is 34.1 Å². The monoisotopic (exact) mass is 549 g/mol. The van der Waals surface area contributed by atoms with Gasteiger partial charge in [-0.05, 0) is 42.8 Å². The van der Waals surface area contributed by atoms with Crippen LogP contribution < -0.4 is 5.32 Å². The SMILES string of the molecule is CC(O)C(=O)N1CCc2nc(-c3ccccc3)c(NC(=O)c3ccc(C(F)(F)F)c(-c4ccn(C)n4)c3)cc2C1. The van der Waals surface area contributed by atoms with Crippen LogP contribution in [0.15, 0.2) is 66.9 Å². The number of halogens is 3. The molecule has 11 heteroatoms. The van der Waals surface area contributed by atoms with Gasteiger partial charge in [-0.2, -0.15) is 18.3 Å². The van der Waals surface area contributed by atoms with E-state index in [1.165, 1.54) is 34.8 Å². The zero-order valence-electron chi connectivity index (χ0n) is 21.7. The Morgan fingerprint density at radius 3 is 2.48 bits per heavy atom. The van der Waals surface area contributed by atoms with Gasteiger partial charge in [-0.3, -0.25) is 19.3 Å². The standard InChI is InChI=1S/C29H26F3N5O3/c1-17(38)28(40)37-13-11-23-20(16-37)15-25(26(33-23)18-6-4-3-5-7-18)34-27(39)19-8-9-22(29(30,31)32)21(14-19)24-10-12-36(2)35-24/h3-10,12,14-15,17,38H,11,13,16H2,1-2H3,(H,34,39). The lowest BCUT2D eigenvalue weighted by Crippen LogP contribution is -2.41. The summed E-state index contributed by atoms with van der Waals surface area (Å²) in [5.41, 5.74) is 2.05. The minimum absolute atomic E-state index is 0.0105. The van der Waals surface area contributed by atoms with E-state index in [1.54, 1.807) is 13.1 Å². The highest BCUT2D eigenvalue weighted by Crippen LogP contribution is 2.37. The second-order valence-electron chi connectivity index (χ2n) is 9.63. The summed E-state index contributed by atoms with van der Waals surface area (Å²) in [7, 11) is 1.59. The second kappa shape index (κ2) is 10.6. The summed E-state index contributed by atoms with van der Waals surface area (Å²) in [6.07, 6.45) is -3.79. The molecule has 1 aliphatic heterocycles. The first kappa shape index (κ1) is 27.1.